The van der Waals surface area contributed by atoms with Crippen molar-refractivity contribution < 1.29 is 4.79 Å². The van der Waals surface area contributed by atoms with E-state index in [1.54, 1.807) is 4.68 Å². The lowest BCUT2D eigenvalue weighted by atomic mass is 9.93. The number of aromatic amines is 1. The molecule has 0 saturated carbocycles. The third kappa shape index (κ3) is 4.31. The first-order valence-corrected chi connectivity index (χ1v) is 11.4. The van der Waals surface area contributed by atoms with E-state index >= 15 is 0 Å². The first kappa shape index (κ1) is 23.2. The number of nitrogen functional groups attached to an aromatic ring is 1. The van der Waals surface area contributed by atoms with Gasteiger partial charge in [-0.2, -0.15) is 10.2 Å². The van der Waals surface area contributed by atoms with Crippen LogP contribution in [0.2, 0.25) is 0 Å². The average Bonchev–Trinajstić information content (AvgIpc) is 3.23. The summed E-state index contributed by atoms with van der Waals surface area (Å²) in [4.78, 5) is 25.3. The lowest BCUT2D eigenvalue weighted by Gasteiger charge is -2.12. The van der Waals surface area contributed by atoms with Gasteiger partial charge in [0, 0.05) is 18.0 Å². The van der Waals surface area contributed by atoms with Crippen molar-refractivity contribution >= 4 is 22.6 Å². The predicted molar refractivity (Wildman–Crippen MR) is 134 cm³/mol. The third-order valence-electron chi connectivity index (χ3n) is 6.36. The second-order valence-electron chi connectivity index (χ2n) is 9.16. The number of hydrogen-bond donors (Lipinski definition) is 3. The van der Waals surface area contributed by atoms with Crippen LogP contribution in [0.4, 0.5) is 5.82 Å². The zero-order chi connectivity index (χ0) is 24.6. The van der Waals surface area contributed by atoms with Crippen molar-refractivity contribution in [3.8, 4) is 5.69 Å². The molecule has 4 rings (SSSR count). The summed E-state index contributed by atoms with van der Waals surface area (Å²) in [5, 5.41) is 14.7. The Labute approximate surface area is 198 Å². The monoisotopic (exact) mass is 458 g/mol. The van der Waals surface area contributed by atoms with E-state index in [-0.39, 0.29) is 23.2 Å². The number of nitrogens with zero attached hydrogens (tertiary/aromatic N) is 3. The number of aryl methyl sites for hydroxylation is 2. The van der Waals surface area contributed by atoms with E-state index in [0.717, 1.165) is 22.4 Å². The topological polar surface area (TPSA) is 119 Å². The molecular formula is C26H30N6O2. The molecule has 0 bridgehead atoms. The van der Waals surface area contributed by atoms with E-state index in [1.807, 2.05) is 56.3 Å². The molecule has 0 aliphatic rings. The Morgan fingerprint density at radius 2 is 1.82 bits per heavy atom. The summed E-state index contributed by atoms with van der Waals surface area (Å²) in [5.74, 6) is 0.470. The Hall–Kier alpha value is -3.94. The Bertz CT molecular complexity index is 1420. The zero-order valence-corrected chi connectivity index (χ0v) is 20.1. The van der Waals surface area contributed by atoms with Gasteiger partial charge in [-0.25, -0.2) is 9.78 Å². The average molecular weight is 459 g/mol. The molecule has 0 radical (unpaired) electrons. The number of anilines is 1. The van der Waals surface area contributed by atoms with Crippen LogP contribution >= 0.6 is 0 Å². The lowest BCUT2D eigenvalue weighted by Crippen LogP contribution is -2.23. The van der Waals surface area contributed by atoms with Gasteiger partial charge in [-0.3, -0.25) is 9.59 Å². The highest BCUT2D eigenvalue weighted by Crippen LogP contribution is 2.31. The number of benzene rings is 2. The Morgan fingerprint density at radius 1 is 1.12 bits per heavy atom. The lowest BCUT2D eigenvalue weighted by molar-refractivity contribution is 0.0950. The maximum absolute atomic E-state index is 12.6. The van der Waals surface area contributed by atoms with E-state index in [2.05, 4.69) is 36.3 Å². The van der Waals surface area contributed by atoms with E-state index < -0.39 is 0 Å². The molecule has 4 aromatic rings. The number of fused-ring (bicyclic) bond motifs is 1. The molecule has 2 aromatic heterocycles. The van der Waals surface area contributed by atoms with Crippen molar-refractivity contribution in [2.45, 2.75) is 47.1 Å². The van der Waals surface area contributed by atoms with Crippen molar-refractivity contribution in [2.75, 3.05) is 5.73 Å². The summed E-state index contributed by atoms with van der Waals surface area (Å²) in [5.41, 5.74) is 11.4. The number of rotatable bonds is 6. The number of carbonyl (C=O) groups is 1. The summed E-state index contributed by atoms with van der Waals surface area (Å²) in [6.07, 6.45) is 0. The fourth-order valence-corrected chi connectivity index (χ4v) is 3.95. The van der Waals surface area contributed by atoms with Crippen LogP contribution in [0.3, 0.4) is 0 Å². The molecule has 0 spiro atoms. The minimum absolute atomic E-state index is 0.0613. The van der Waals surface area contributed by atoms with Gasteiger partial charge in [-0.1, -0.05) is 50.6 Å². The molecule has 1 amide bonds. The van der Waals surface area contributed by atoms with Gasteiger partial charge >= 0.3 is 0 Å². The molecule has 1 unspecified atom stereocenters. The number of hydrogen-bond acceptors (Lipinski definition) is 5. The van der Waals surface area contributed by atoms with Crippen LogP contribution in [0.25, 0.3) is 16.6 Å². The molecular weight excluding hydrogens is 428 g/mol. The number of carbonyl (C=O) groups excluding carboxylic acids is 1. The molecule has 0 saturated heterocycles. The van der Waals surface area contributed by atoms with Crippen molar-refractivity contribution in [1.82, 2.24) is 25.3 Å². The molecule has 8 heteroatoms. The van der Waals surface area contributed by atoms with Gasteiger partial charge in [-0.15, -0.1) is 0 Å². The number of amides is 1. The summed E-state index contributed by atoms with van der Waals surface area (Å²) in [7, 11) is 0. The molecule has 34 heavy (non-hydrogen) atoms. The van der Waals surface area contributed by atoms with Crippen molar-refractivity contribution in [3.63, 3.8) is 0 Å². The minimum Gasteiger partial charge on any atom is -0.380 e. The molecule has 0 aliphatic heterocycles. The highest BCUT2D eigenvalue weighted by molar-refractivity contribution is 5.95. The maximum atomic E-state index is 12.6. The Kier molecular flexibility index (Phi) is 6.24. The molecule has 4 N–H and O–H groups in total. The maximum Gasteiger partial charge on any atom is 0.275 e. The first-order chi connectivity index (χ1) is 16.2. The third-order valence-corrected chi connectivity index (χ3v) is 6.36. The van der Waals surface area contributed by atoms with Crippen molar-refractivity contribution in [1.29, 1.82) is 0 Å². The molecule has 176 valence electrons. The fourth-order valence-electron chi connectivity index (χ4n) is 3.95. The Balaban J connectivity index is 1.63. The summed E-state index contributed by atoms with van der Waals surface area (Å²) >= 11 is 0. The van der Waals surface area contributed by atoms with Crippen molar-refractivity contribution in [2.24, 2.45) is 5.92 Å². The number of aromatic nitrogens is 4. The quantitative estimate of drug-likeness (QED) is 0.404. The van der Waals surface area contributed by atoms with Gasteiger partial charge in [0.1, 0.15) is 5.52 Å². The normalized spacial score (nSPS) is 12.3. The predicted octanol–water partition coefficient (Wildman–Crippen LogP) is 4.00. The summed E-state index contributed by atoms with van der Waals surface area (Å²) in [6, 6.07) is 13.5. The summed E-state index contributed by atoms with van der Waals surface area (Å²) in [6.45, 7) is 10.5. The number of nitrogens with two attached hydrogens (primary N) is 1. The van der Waals surface area contributed by atoms with Gasteiger partial charge < -0.3 is 11.1 Å². The first-order valence-electron chi connectivity index (χ1n) is 11.4. The largest absolute Gasteiger partial charge is 0.380 e. The van der Waals surface area contributed by atoms with E-state index in [0.29, 0.717) is 34.6 Å². The van der Waals surface area contributed by atoms with Crippen LogP contribution in [0, 0.1) is 19.8 Å². The van der Waals surface area contributed by atoms with Crippen LogP contribution in [0.15, 0.2) is 47.3 Å². The van der Waals surface area contributed by atoms with Crippen molar-refractivity contribution in [3.05, 3.63) is 80.8 Å². The highest BCUT2D eigenvalue weighted by Gasteiger charge is 2.24. The Morgan fingerprint density at radius 3 is 2.50 bits per heavy atom. The molecule has 2 aromatic carbocycles. The molecule has 1 atom stereocenters. The van der Waals surface area contributed by atoms with Gasteiger partial charge in [-0.05, 0) is 49.1 Å². The molecule has 2 heterocycles. The highest BCUT2D eigenvalue weighted by atomic mass is 16.1. The van der Waals surface area contributed by atoms with E-state index in [1.165, 1.54) is 0 Å². The van der Waals surface area contributed by atoms with Crippen LogP contribution < -0.4 is 16.6 Å². The van der Waals surface area contributed by atoms with Crippen LogP contribution in [-0.2, 0) is 6.54 Å². The van der Waals surface area contributed by atoms with Crippen LogP contribution in [0.5, 0.6) is 0 Å². The van der Waals surface area contributed by atoms with Gasteiger partial charge in [0.25, 0.3) is 11.5 Å². The smallest absolute Gasteiger partial charge is 0.275 e. The number of nitrogens with one attached hydrogen (secondary N) is 2. The van der Waals surface area contributed by atoms with E-state index in [9.17, 15) is 9.59 Å². The second kappa shape index (κ2) is 9.13. The molecule has 8 nitrogen and oxygen atoms in total. The van der Waals surface area contributed by atoms with Gasteiger partial charge in [0.05, 0.1) is 16.8 Å². The second-order valence-corrected chi connectivity index (χ2v) is 9.16. The SMILES string of the molecule is Cc1ccc(C)c(C(=O)NCc2ccc(-n3nc(C(C)C(C)C)c4c(=O)[nH]nc(N)c43)cc2)c1. The standard InChI is InChI=1S/C26H30N6O2/c1-14(2)17(5)22-21-23(24(27)29-30-26(21)34)32(31-22)19-10-8-18(9-11-19)13-28-25(33)20-12-15(3)6-7-16(20)4/h6-12,14,17H,13H2,1-5H3,(H2,27,29)(H,28,33)(H,30,34). The van der Waals surface area contributed by atoms with E-state index in [4.69, 9.17) is 10.8 Å². The van der Waals surface area contributed by atoms with Gasteiger partial charge in [0.15, 0.2) is 5.82 Å². The summed E-state index contributed by atoms with van der Waals surface area (Å²) < 4.78 is 1.68. The molecule has 0 aliphatic carbocycles. The van der Waals surface area contributed by atoms with Crippen LogP contribution in [-0.4, -0.2) is 25.9 Å². The fraction of sp³-hybridized carbons (Fsp3) is 0.308. The van der Waals surface area contributed by atoms with Crippen LogP contribution in [0.1, 0.15) is 59.4 Å². The number of H-pyrrole nitrogens is 1. The van der Waals surface area contributed by atoms with Gasteiger partial charge in [0.2, 0.25) is 0 Å². The molecule has 0 fully saturated rings. The minimum atomic E-state index is -0.302. The zero-order valence-electron chi connectivity index (χ0n) is 20.1.